The number of carbonyl (C=O) groups is 1. The second-order valence-corrected chi connectivity index (χ2v) is 6.26. The molecule has 2 aromatic rings. The van der Waals surface area contributed by atoms with Gasteiger partial charge in [0.2, 0.25) is 5.91 Å². The van der Waals surface area contributed by atoms with Crippen LogP contribution in [0.1, 0.15) is 19.3 Å². The lowest BCUT2D eigenvalue weighted by molar-refractivity contribution is -0.158. The zero-order valence-corrected chi connectivity index (χ0v) is 13.0. The molecule has 1 saturated heterocycles. The van der Waals surface area contributed by atoms with Crippen molar-refractivity contribution in [2.45, 2.75) is 44.1 Å². The van der Waals surface area contributed by atoms with Crippen LogP contribution in [0.2, 0.25) is 0 Å². The van der Waals surface area contributed by atoms with Crippen LogP contribution in [0.4, 0.5) is 0 Å². The van der Waals surface area contributed by atoms with Gasteiger partial charge in [0, 0.05) is 6.04 Å². The number of fused-ring (bicyclic) bond motifs is 2. The summed E-state index contributed by atoms with van der Waals surface area (Å²) >= 11 is 0. The third kappa shape index (κ3) is 3.09. The molecule has 1 aromatic heterocycles. The van der Waals surface area contributed by atoms with Gasteiger partial charge in [0.1, 0.15) is 6.54 Å². The number of benzene rings is 1. The Bertz CT molecular complexity index is 699. The van der Waals surface area contributed by atoms with E-state index in [1.807, 2.05) is 28.8 Å². The summed E-state index contributed by atoms with van der Waals surface area (Å²) in [6.45, 7) is 1.64. The standard InChI is InChI=1S/C17H21N3O3/c21-17(10-20-11-18-13-3-1-2-4-14(13)20)19-12-5-6-15-16(9-12)23-8-7-22-15/h1-4,11-12,15-16H,5-10H2,(H,19,21). The van der Waals surface area contributed by atoms with Gasteiger partial charge in [-0.3, -0.25) is 4.79 Å². The lowest BCUT2D eigenvalue weighted by Crippen LogP contribution is -2.49. The third-order valence-corrected chi connectivity index (χ3v) is 4.68. The van der Waals surface area contributed by atoms with Crippen LogP contribution in [0.15, 0.2) is 30.6 Å². The predicted molar refractivity (Wildman–Crippen MR) is 85.0 cm³/mol. The van der Waals surface area contributed by atoms with E-state index < -0.39 is 0 Å². The minimum Gasteiger partial charge on any atom is -0.373 e. The van der Waals surface area contributed by atoms with Crippen LogP contribution in [0, 0.1) is 0 Å². The second-order valence-electron chi connectivity index (χ2n) is 6.26. The average Bonchev–Trinajstić information content (AvgIpc) is 2.98. The Hall–Kier alpha value is -1.92. The SMILES string of the molecule is O=C(Cn1cnc2ccccc21)NC1CCC2OCCOC2C1. The molecule has 1 N–H and O–H groups in total. The fourth-order valence-corrected chi connectivity index (χ4v) is 3.56. The average molecular weight is 315 g/mol. The Kier molecular flexibility index (Phi) is 4.01. The molecule has 4 rings (SSSR count). The lowest BCUT2D eigenvalue weighted by atomic mass is 9.89. The Morgan fingerprint density at radius 3 is 2.96 bits per heavy atom. The van der Waals surface area contributed by atoms with E-state index in [1.165, 1.54) is 0 Å². The molecule has 122 valence electrons. The van der Waals surface area contributed by atoms with E-state index in [0.29, 0.717) is 19.8 Å². The molecular weight excluding hydrogens is 294 g/mol. The lowest BCUT2D eigenvalue weighted by Gasteiger charge is -2.39. The van der Waals surface area contributed by atoms with Crippen LogP contribution in [-0.2, 0) is 20.8 Å². The summed E-state index contributed by atoms with van der Waals surface area (Å²) in [6.07, 6.45) is 4.77. The number of para-hydroxylation sites is 2. The summed E-state index contributed by atoms with van der Waals surface area (Å²) in [5, 5.41) is 3.13. The predicted octanol–water partition coefficient (Wildman–Crippen LogP) is 1.49. The Balaban J connectivity index is 1.36. The van der Waals surface area contributed by atoms with Gasteiger partial charge < -0.3 is 19.4 Å². The molecule has 1 aromatic carbocycles. The summed E-state index contributed by atoms with van der Waals surface area (Å²) in [6, 6.07) is 8.00. The molecule has 3 atom stereocenters. The highest BCUT2D eigenvalue weighted by molar-refractivity contribution is 5.80. The first-order valence-corrected chi connectivity index (χ1v) is 8.22. The van der Waals surface area contributed by atoms with E-state index in [-0.39, 0.29) is 24.2 Å². The zero-order valence-electron chi connectivity index (χ0n) is 13.0. The minimum atomic E-state index is 0.0216. The molecule has 2 heterocycles. The van der Waals surface area contributed by atoms with Crippen molar-refractivity contribution in [3.8, 4) is 0 Å². The molecule has 1 amide bonds. The van der Waals surface area contributed by atoms with E-state index in [4.69, 9.17) is 9.47 Å². The van der Waals surface area contributed by atoms with Crippen LogP contribution in [0.5, 0.6) is 0 Å². The van der Waals surface area contributed by atoms with Crippen molar-refractivity contribution < 1.29 is 14.3 Å². The van der Waals surface area contributed by atoms with Crippen LogP contribution in [-0.4, -0.2) is 46.9 Å². The second kappa shape index (κ2) is 6.29. The van der Waals surface area contributed by atoms with E-state index in [9.17, 15) is 4.79 Å². The van der Waals surface area contributed by atoms with Crippen molar-refractivity contribution in [3.63, 3.8) is 0 Å². The monoisotopic (exact) mass is 315 g/mol. The van der Waals surface area contributed by atoms with E-state index >= 15 is 0 Å². The number of hydrogen-bond donors (Lipinski definition) is 1. The number of carbonyl (C=O) groups excluding carboxylic acids is 1. The summed E-state index contributed by atoms with van der Waals surface area (Å²) in [5.74, 6) is 0.0216. The highest BCUT2D eigenvalue weighted by Crippen LogP contribution is 2.26. The molecular formula is C17H21N3O3. The summed E-state index contributed by atoms with van der Waals surface area (Å²) in [5.41, 5.74) is 1.89. The van der Waals surface area contributed by atoms with Gasteiger partial charge in [0.25, 0.3) is 0 Å². The van der Waals surface area contributed by atoms with Gasteiger partial charge in [-0.2, -0.15) is 0 Å². The van der Waals surface area contributed by atoms with Gasteiger partial charge >= 0.3 is 0 Å². The van der Waals surface area contributed by atoms with Crippen molar-refractivity contribution in [2.24, 2.45) is 0 Å². The van der Waals surface area contributed by atoms with Crippen molar-refractivity contribution >= 4 is 16.9 Å². The first-order chi connectivity index (χ1) is 11.3. The molecule has 3 unspecified atom stereocenters. The Morgan fingerprint density at radius 2 is 2.04 bits per heavy atom. The molecule has 2 aliphatic rings. The van der Waals surface area contributed by atoms with Gasteiger partial charge in [-0.25, -0.2) is 4.98 Å². The summed E-state index contributed by atoms with van der Waals surface area (Å²) in [7, 11) is 0. The van der Waals surface area contributed by atoms with Gasteiger partial charge in [0.15, 0.2) is 0 Å². The number of rotatable bonds is 3. The molecule has 6 nitrogen and oxygen atoms in total. The maximum absolute atomic E-state index is 12.4. The Morgan fingerprint density at radius 1 is 1.22 bits per heavy atom. The smallest absolute Gasteiger partial charge is 0.240 e. The molecule has 1 saturated carbocycles. The molecule has 2 fully saturated rings. The summed E-state index contributed by atoms with van der Waals surface area (Å²) in [4.78, 5) is 16.7. The number of hydrogen-bond acceptors (Lipinski definition) is 4. The van der Waals surface area contributed by atoms with Crippen molar-refractivity contribution in [1.29, 1.82) is 0 Å². The fourth-order valence-electron chi connectivity index (χ4n) is 3.56. The quantitative estimate of drug-likeness (QED) is 0.932. The largest absolute Gasteiger partial charge is 0.373 e. The molecule has 23 heavy (non-hydrogen) atoms. The number of imidazole rings is 1. The summed E-state index contributed by atoms with van der Waals surface area (Å²) < 4.78 is 13.4. The highest BCUT2D eigenvalue weighted by Gasteiger charge is 2.34. The third-order valence-electron chi connectivity index (χ3n) is 4.68. The highest BCUT2D eigenvalue weighted by atomic mass is 16.6. The molecule has 0 bridgehead atoms. The van der Waals surface area contributed by atoms with Crippen LogP contribution < -0.4 is 5.32 Å². The van der Waals surface area contributed by atoms with Crippen molar-refractivity contribution in [2.75, 3.05) is 13.2 Å². The number of aromatic nitrogens is 2. The van der Waals surface area contributed by atoms with Crippen LogP contribution in [0.25, 0.3) is 11.0 Å². The maximum Gasteiger partial charge on any atom is 0.240 e. The zero-order chi connectivity index (χ0) is 15.6. The van der Waals surface area contributed by atoms with E-state index in [2.05, 4.69) is 10.3 Å². The van der Waals surface area contributed by atoms with Gasteiger partial charge in [0.05, 0.1) is 42.8 Å². The molecule has 1 aliphatic carbocycles. The molecule has 0 radical (unpaired) electrons. The van der Waals surface area contributed by atoms with Crippen LogP contribution >= 0.6 is 0 Å². The van der Waals surface area contributed by atoms with Crippen molar-refractivity contribution in [1.82, 2.24) is 14.9 Å². The number of nitrogens with zero attached hydrogens (tertiary/aromatic N) is 2. The number of nitrogens with one attached hydrogen (secondary N) is 1. The molecule has 0 spiro atoms. The van der Waals surface area contributed by atoms with Gasteiger partial charge in [-0.1, -0.05) is 12.1 Å². The van der Waals surface area contributed by atoms with E-state index in [1.54, 1.807) is 6.33 Å². The van der Waals surface area contributed by atoms with Crippen LogP contribution in [0.3, 0.4) is 0 Å². The van der Waals surface area contributed by atoms with Gasteiger partial charge in [-0.15, -0.1) is 0 Å². The van der Waals surface area contributed by atoms with Gasteiger partial charge in [-0.05, 0) is 31.4 Å². The molecule has 1 aliphatic heterocycles. The first kappa shape index (κ1) is 14.7. The number of ether oxygens (including phenoxy) is 2. The molecule has 6 heteroatoms. The fraction of sp³-hybridized carbons (Fsp3) is 0.529. The van der Waals surface area contributed by atoms with Crippen molar-refractivity contribution in [3.05, 3.63) is 30.6 Å². The van der Waals surface area contributed by atoms with E-state index in [0.717, 1.165) is 30.3 Å². The normalized spacial score (nSPS) is 27.6. The first-order valence-electron chi connectivity index (χ1n) is 8.22. The maximum atomic E-state index is 12.4. The minimum absolute atomic E-state index is 0.0216. The topological polar surface area (TPSA) is 65.4 Å². The number of amides is 1. The Labute approximate surface area is 134 Å².